The number of hydrogen-bond donors (Lipinski definition) is 2. The maximum atomic E-state index is 13.8. The molecule has 1 aliphatic rings. The fraction of sp³-hybridized carbons (Fsp3) is 0.571. The first kappa shape index (κ1) is 15.0. The number of anilines is 2. The van der Waals surface area contributed by atoms with Gasteiger partial charge in [-0.2, -0.15) is 0 Å². The normalized spacial score (nSPS) is 17.6. The van der Waals surface area contributed by atoms with Gasteiger partial charge in [0.2, 0.25) is 0 Å². The van der Waals surface area contributed by atoms with E-state index in [-0.39, 0.29) is 11.4 Å². The molecule has 2 rings (SSSR count). The Hall–Kier alpha value is -1.40. The van der Waals surface area contributed by atoms with Crippen LogP contribution in [0.5, 0.6) is 0 Å². The summed E-state index contributed by atoms with van der Waals surface area (Å²) in [5.41, 5.74) is 4.73. The van der Waals surface area contributed by atoms with Crippen LogP contribution in [0.2, 0.25) is 0 Å². The Bertz CT molecular complexity index is 457. The average Bonchev–Trinajstić information content (AvgIpc) is 2.28. The Kier molecular flexibility index (Phi) is 4.15. The van der Waals surface area contributed by atoms with Crippen LogP contribution in [-0.4, -0.2) is 48.3 Å². The molecule has 4 nitrogen and oxygen atoms in total. The number of hydrogen-bond acceptors (Lipinski definition) is 4. The number of piperazine rings is 1. The lowest BCUT2D eigenvalue weighted by atomic mass is 10.1. The van der Waals surface area contributed by atoms with Gasteiger partial charge in [-0.05, 0) is 26.0 Å². The first-order valence-electron chi connectivity index (χ1n) is 6.70. The van der Waals surface area contributed by atoms with E-state index in [4.69, 9.17) is 5.73 Å². The lowest BCUT2D eigenvalue weighted by molar-refractivity contribution is 0.0344. The molecule has 1 heterocycles. The molecule has 20 heavy (non-hydrogen) atoms. The van der Waals surface area contributed by atoms with Crippen molar-refractivity contribution in [3.05, 3.63) is 23.8 Å². The first-order valence-corrected chi connectivity index (χ1v) is 6.70. The van der Waals surface area contributed by atoms with Crippen LogP contribution in [0.1, 0.15) is 13.8 Å². The van der Waals surface area contributed by atoms with Crippen molar-refractivity contribution in [1.82, 2.24) is 4.90 Å². The van der Waals surface area contributed by atoms with Crippen LogP contribution < -0.4 is 10.6 Å². The lowest BCUT2D eigenvalue weighted by Gasteiger charge is -2.38. The minimum Gasteiger partial charge on any atom is -0.399 e. The van der Waals surface area contributed by atoms with Crippen molar-refractivity contribution >= 4 is 11.4 Å². The fourth-order valence-electron chi connectivity index (χ4n) is 2.56. The van der Waals surface area contributed by atoms with Gasteiger partial charge in [0.25, 0.3) is 0 Å². The van der Waals surface area contributed by atoms with E-state index >= 15 is 0 Å². The van der Waals surface area contributed by atoms with E-state index in [0.29, 0.717) is 32.7 Å². The summed E-state index contributed by atoms with van der Waals surface area (Å²) in [6.07, 6.45) is 0. The van der Waals surface area contributed by atoms with Gasteiger partial charge in [0.15, 0.2) is 11.6 Å². The van der Waals surface area contributed by atoms with Gasteiger partial charge in [-0.15, -0.1) is 0 Å². The standard InChI is InChI=1S/C14H21F2N3O/c1-14(2,20)9-18-3-5-19(6-4-18)13-11(15)7-10(17)8-12(13)16/h7-8,20H,3-6,9,17H2,1-2H3. The minimum atomic E-state index is -0.764. The van der Waals surface area contributed by atoms with Gasteiger partial charge in [-0.25, -0.2) is 8.78 Å². The molecule has 6 heteroatoms. The van der Waals surface area contributed by atoms with E-state index in [1.165, 1.54) is 0 Å². The second-order valence-corrected chi connectivity index (χ2v) is 5.91. The molecule has 1 aromatic carbocycles. The summed E-state index contributed by atoms with van der Waals surface area (Å²) in [6, 6.07) is 2.28. The highest BCUT2D eigenvalue weighted by Gasteiger charge is 2.25. The third kappa shape index (κ3) is 3.58. The molecule has 3 N–H and O–H groups in total. The average molecular weight is 285 g/mol. The van der Waals surface area contributed by atoms with E-state index in [0.717, 1.165) is 12.1 Å². The van der Waals surface area contributed by atoms with Gasteiger partial charge in [0.1, 0.15) is 5.69 Å². The monoisotopic (exact) mass is 285 g/mol. The topological polar surface area (TPSA) is 52.7 Å². The number of benzene rings is 1. The third-order valence-electron chi connectivity index (χ3n) is 3.34. The molecule has 0 amide bonds. The molecule has 0 saturated carbocycles. The Labute approximate surface area is 117 Å². The zero-order valence-electron chi connectivity index (χ0n) is 11.9. The van der Waals surface area contributed by atoms with Crippen molar-refractivity contribution in [2.45, 2.75) is 19.4 Å². The minimum absolute atomic E-state index is 0.0119. The molecule has 0 aliphatic carbocycles. The highest BCUT2D eigenvalue weighted by Crippen LogP contribution is 2.27. The molecule has 1 aromatic rings. The van der Waals surface area contributed by atoms with Gasteiger partial charge in [-0.1, -0.05) is 0 Å². The molecule has 1 fully saturated rings. The Morgan fingerprint density at radius 1 is 1.15 bits per heavy atom. The number of aliphatic hydroxyl groups is 1. The van der Waals surface area contributed by atoms with E-state index in [1.807, 2.05) is 0 Å². The second-order valence-electron chi connectivity index (χ2n) is 5.91. The number of β-amino-alcohol motifs (C(OH)–C–C–N with tert-alkyl or cyclic N) is 1. The second kappa shape index (κ2) is 5.54. The molecule has 0 radical (unpaired) electrons. The largest absolute Gasteiger partial charge is 0.399 e. The number of nitrogens with two attached hydrogens (primary N) is 1. The van der Waals surface area contributed by atoms with Crippen LogP contribution in [0.15, 0.2) is 12.1 Å². The number of nitrogen functional groups attached to an aromatic ring is 1. The van der Waals surface area contributed by atoms with Crippen LogP contribution in [0, 0.1) is 11.6 Å². The van der Waals surface area contributed by atoms with Crippen LogP contribution >= 0.6 is 0 Å². The molecule has 1 saturated heterocycles. The van der Waals surface area contributed by atoms with Crippen LogP contribution in [0.25, 0.3) is 0 Å². The van der Waals surface area contributed by atoms with Crippen molar-refractivity contribution in [3.8, 4) is 0 Å². The van der Waals surface area contributed by atoms with E-state index in [9.17, 15) is 13.9 Å². The Morgan fingerprint density at radius 2 is 1.65 bits per heavy atom. The summed E-state index contributed by atoms with van der Waals surface area (Å²) >= 11 is 0. The quantitative estimate of drug-likeness (QED) is 0.825. The summed E-state index contributed by atoms with van der Waals surface area (Å²) in [5.74, 6) is -1.25. The van der Waals surface area contributed by atoms with Gasteiger partial charge in [-0.3, -0.25) is 4.90 Å². The third-order valence-corrected chi connectivity index (χ3v) is 3.34. The molecule has 0 unspecified atom stereocenters. The Morgan fingerprint density at radius 3 is 2.10 bits per heavy atom. The molecule has 0 spiro atoms. The maximum Gasteiger partial charge on any atom is 0.151 e. The number of halogens is 2. The predicted octanol–water partition coefficient (Wildman–Crippen LogP) is 1.44. The SMILES string of the molecule is CC(C)(O)CN1CCN(c2c(F)cc(N)cc2F)CC1. The van der Waals surface area contributed by atoms with Gasteiger partial charge in [0.05, 0.1) is 5.60 Å². The Balaban J connectivity index is 2.04. The molecular weight excluding hydrogens is 264 g/mol. The highest BCUT2D eigenvalue weighted by atomic mass is 19.1. The summed E-state index contributed by atoms with van der Waals surface area (Å²) in [5, 5.41) is 9.78. The van der Waals surface area contributed by atoms with Crippen LogP contribution in [-0.2, 0) is 0 Å². The maximum absolute atomic E-state index is 13.8. The fourth-order valence-corrected chi connectivity index (χ4v) is 2.56. The van der Waals surface area contributed by atoms with Crippen molar-refractivity contribution in [2.24, 2.45) is 0 Å². The number of nitrogens with zero attached hydrogens (tertiary/aromatic N) is 2. The molecular formula is C14H21F2N3O. The zero-order chi connectivity index (χ0) is 14.9. The smallest absolute Gasteiger partial charge is 0.151 e. The van der Waals surface area contributed by atoms with E-state index in [1.54, 1.807) is 18.7 Å². The molecule has 0 bridgehead atoms. The summed E-state index contributed by atoms with van der Waals surface area (Å²) in [7, 11) is 0. The molecule has 1 aliphatic heterocycles. The number of rotatable bonds is 3. The summed E-state index contributed by atoms with van der Waals surface area (Å²) < 4.78 is 27.7. The summed E-state index contributed by atoms with van der Waals surface area (Å²) in [6.45, 7) is 6.41. The van der Waals surface area contributed by atoms with Gasteiger partial charge >= 0.3 is 0 Å². The van der Waals surface area contributed by atoms with Crippen molar-refractivity contribution in [3.63, 3.8) is 0 Å². The molecule has 0 atom stereocenters. The van der Waals surface area contributed by atoms with E-state index < -0.39 is 17.2 Å². The van der Waals surface area contributed by atoms with E-state index in [2.05, 4.69) is 4.90 Å². The van der Waals surface area contributed by atoms with Crippen LogP contribution in [0.4, 0.5) is 20.2 Å². The summed E-state index contributed by atoms with van der Waals surface area (Å²) in [4.78, 5) is 3.77. The van der Waals surface area contributed by atoms with Crippen LogP contribution in [0.3, 0.4) is 0 Å². The molecule has 112 valence electrons. The highest BCUT2D eigenvalue weighted by molar-refractivity contribution is 5.56. The lowest BCUT2D eigenvalue weighted by Crippen LogP contribution is -2.50. The first-order chi connectivity index (χ1) is 9.26. The van der Waals surface area contributed by atoms with Gasteiger partial charge < -0.3 is 15.7 Å². The van der Waals surface area contributed by atoms with Crippen molar-refractivity contribution in [2.75, 3.05) is 43.4 Å². The predicted molar refractivity (Wildman–Crippen MR) is 75.7 cm³/mol. The van der Waals surface area contributed by atoms with Crippen molar-refractivity contribution in [1.29, 1.82) is 0 Å². The van der Waals surface area contributed by atoms with Crippen molar-refractivity contribution < 1.29 is 13.9 Å². The van der Waals surface area contributed by atoms with Gasteiger partial charge in [0, 0.05) is 38.4 Å². The zero-order valence-corrected chi connectivity index (χ0v) is 11.9. The molecule has 0 aromatic heterocycles.